The number of nitro groups is 1. The third kappa shape index (κ3) is 5.88. The van der Waals surface area contributed by atoms with E-state index in [2.05, 4.69) is 4.90 Å². The molecule has 7 nitrogen and oxygen atoms in total. The molecule has 0 spiro atoms. The van der Waals surface area contributed by atoms with Crippen molar-refractivity contribution in [1.29, 1.82) is 0 Å². The largest absolute Gasteiger partial charge is 0.477 e. The maximum absolute atomic E-state index is 12.6. The molecule has 0 saturated carbocycles. The summed E-state index contributed by atoms with van der Waals surface area (Å²) in [5.74, 6) is -0.0861. The lowest BCUT2D eigenvalue weighted by atomic mass is 10.0. The molecule has 3 aromatic carbocycles. The Balaban J connectivity index is 1.32. The maximum Gasteiger partial charge on any atom is 0.311 e. The van der Waals surface area contributed by atoms with Crippen LogP contribution in [0.2, 0.25) is 5.02 Å². The van der Waals surface area contributed by atoms with E-state index in [1.807, 2.05) is 54.6 Å². The number of amides is 1. The first-order valence-corrected chi connectivity index (χ1v) is 11.1. The highest BCUT2D eigenvalue weighted by Crippen LogP contribution is 2.32. The number of hydrogen-bond acceptors (Lipinski definition) is 5. The van der Waals surface area contributed by atoms with Crippen LogP contribution in [-0.4, -0.2) is 53.4 Å². The Morgan fingerprint density at radius 3 is 2.30 bits per heavy atom. The normalized spacial score (nSPS) is 14.2. The lowest BCUT2D eigenvalue weighted by molar-refractivity contribution is -0.385. The Hall–Kier alpha value is -3.42. The highest BCUT2D eigenvalue weighted by atomic mass is 35.5. The second kappa shape index (κ2) is 10.5. The number of hydrogen-bond donors (Lipinski definition) is 0. The summed E-state index contributed by atoms with van der Waals surface area (Å²) in [6, 6.07) is 22.0. The minimum Gasteiger partial charge on any atom is -0.477 e. The molecule has 1 heterocycles. The van der Waals surface area contributed by atoms with Gasteiger partial charge in [0.05, 0.1) is 4.92 Å². The van der Waals surface area contributed by atoms with Crippen molar-refractivity contribution in [1.82, 2.24) is 9.80 Å². The average molecular weight is 466 g/mol. The van der Waals surface area contributed by atoms with Gasteiger partial charge in [0.15, 0.2) is 12.4 Å². The molecule has 0 radical (unpaired) electrons. The molecular weight excluding hydrogens is 442 g/mol. The molecule has 0 aliphatic carbocycles. The quantitative estimate of drug-likeness (QED) is 0.375. The second-order valence-corrected chi connectivity index (χ2v) is 8.31. The highest BCUT2D eigenvalue weighted by Gasteiger charge is 2.23. The van der Waals surface area contributed by atoms with Crippen molar-refractivity contribution in [2.45, 2.75) is 6.54 Å². The van der Waals surface area contributed by atoms with Crippen LogP contribution in [0.25, 0.3) is 11.1 Å². The molecule has 0 atom stereocenters. The lowest BCUT2D eigenvalue weighted by Crippen LogP contribution is -2.49. The van der Waals surface area contributed by atoms with E-state index in [-0.39, 0.29) is 24.0 Å². The molecule has 3 aromatic rings. The Bertz CT molecular complexity index is 1110. The monoisotopic (exact) mass is 465 g/mol. The van der Waals surface area contributed by atoms with E-state index >= 15 is 0 Å². The van der Waals surface area contributed by atoms with Gasteiger partial charge in [-0.05, 0) is 34.9 Å². The van der Waals surface area contributed by atoms with Crippen molar-refractivity contribution in [2.75, 3.05) is 32.8 Å². The summed E-state index contributed by atoms with van der Waals surface area (Å²) in [5, 5.41) is 12.3. The van der Waals surface area contributed by atoms with Crippen LogP contribution in [-0.2, 0) is 11.3 Å². The van der Waals surface area contributed by atoms with Gasteiger partial charge in [0.2, 0.25) is 0 Å². The highest BCUT2D eigenvalue weighted by molar-refractivity contribution is 6.30. The zero-order valence-corrected chi connectivity index (χ0v) is 18.8. The van der Waals surface area contributed by atoms with Gasteiger partial charge in [-0.25, -0.2) is 0 Å². The fourth-order valence-electron chi connectivity index (χ4n) is 3.83. The van der Waals surface area contributed by atoms with E-state index in [1.165, 1.54) is 11.6 Å². The Labute approximate surface area is 197 Å². The zero-order valence-electron chi connectivity index (χ0n) is 18.0. The molecule has 1 saturated heterocycles. The minimum atomic E-state index is -0.484. The van der Waals surface area contributed by atoms with Gasteiger partial charge >= 0.3 is 5.69 Å². The van der Waals surface area contributed by atoms with Gasteiger partial charge in [-0.1, -0.05) is 60.1 Å². The first kappa shape index (κ1) is 22.8. The van der Waals surface area contributed by atoms with E-state index in [9.17, 15) is 14.9 Å². The number of nitro benzene ring substituents is 1. The summed E-state index contributed by atoms with van der Waals surface area (Å²) in [5.41, 5.74) is 2.61. The lowest BCUT2D eigenvalue weighted by Gasteiger charge is -2.34. The summed E-state index contributed by atoms with van der Waals surface area (Å²) >= 11 is 5.94. The van der Waals surface area contributed by atoms with Gasteiger partial charge in [0.25, 0.3) is 5.91 Å². The summed E-state index contributed by atoms with van der Waals surface area (Å²) in [6.45, 7) is 3.24. The molecule has 1 aliphatic rings. The van der Waals surface area contributed by atoms with Gasteiger partial charge in [0.1, 0.15) is 0 Å². The SMILES string of the molecule is O=C(COc1ccc(-c2ccccc2)cc1[N+](=O)[O-])N1CCN(Cc2ccc(Cl)cc2)CC1. The van der Waals surface area contributed by atoms with E-state index in [1.54, 1.807) is 17.0 Å². The fourth-order valence-corrected chi connectivity index (χ4v) is 3.95. The van der Waals surface area contributed by atoms with Gasteiger partial charge in [0, 0.05) is 43.8 Å². The number of carbonyl (C=O) groups is 1. The van der Waals surface area contributed by atoms with Crippen molar-refractivity contribution >= 4 is 23.2 Å². The van der Waals surface area contributed by atoms with Crippen LogP contribution in [0.5, 0.6) is 5.75 Å². The molecule has 1 fully saturated rings. The van der Waals surface area contributed by atoms with Crippen LogP contribution >= 0.6 is 11.6 Å². The van der Waals surface area contributed by atoms with Crippen LogP contribution in [0, 0.1) is 10.1 Å². The molecule has 170 valence electrons. The molecule has 0 aromatic heterocycles. The number of carbonyl (C=O) groups excluding carboxylic acids is 1. The van der Waals surface area contributed by atoms with Crippen molar-refractivity contribution in [3.05, 3.63) is 93.5 Å². The van der Waals surface area contributed by atoms with E-state index in [4.69, 9.17) is 16.3 Å². The van der Waals surface area contributed by atoms with Crippen LogP contribution in [0.3, 0.4) is 0 Å². The molecule has 0 N–H and O–H groups in total. The molecule has 33 heavy (non-hydrogen) atoms. The van der Waals surface area contributed by atoms with Crippen LogP contribution < -0.4 is 4.74 Å². The summed E-state index contributed by atoms with van der Waals surface area (Å²) in [6.07, 6.45) is 0. The topological polar surface area (TPSA) is 75.9 Å². The first-order valence-electron chi connectivity index (χ1n) is 10.7. The molecule has 8 heteroatoms. The number of benzene rings is 3. The summed E-state index contributed by atoms with van der Waals surface area (Å²) < 4.78 is 5.58. The van der Waals surface area contributed by atoms with Gasteiger partial charge in [-0.15, -0.1) is 0 Å². The number of nitrogens with zero attached hydrogens (tertiary/aromatic N) is 3. The van der Waals surface area contributed by atoms with Crippen LogP contribution in [0.15, 0.2) is 72.8 Å². The smallest absolute Gasteiger partial charge is 0.311 e. The van der Waals surface area contributed by atoms with E-state index < -0.39 is 4.92 Å². The van der Waals surface area contributed by atoms with Crippen molar-refractivity contribution in [3.63, 3.8) is 0 Å². The van der Waals surface area contributed by atoms with E-state index in [0.717, 1.165) is 30.8 Å². The molecule has 1 amide bonds. The van der Waals surface area contributed by atoms with Crippen LogP contribution in [0.1, 0.15) is 5.56 Å². The van der Waals surface area contributed by atoms with E-state index in [0.29, 0.717) is 18.1 Å². The standard InChI is InChI=1S/C25H24ClN3O4/c26-22-9-6-19(7-10-22)17-27-12-14-28(15-13-27)25(30)18-33-24-11-8-21(16-23(24)29(31)32)20-4-2-1-3-5-20/h1-11,16H,12-15,17-18H2. The second-order valence-electron chi connectivity index (χ2n) is 7.88. The van der Waals surface area contributed by atoms with Gasteiger partial charge < -0.3 is 9.64 Å². The Kier molecular flexibility index (Phi) is 7.22. The number of piperazine rings is 1. The van der Waals surface area contributed by atoms with Gasteiger partial charge in [-0.3, -0.25) is 19.8 Å². The molecule has 1 aliphatic heterocycles. The first-order chi connectivity index (χ1) is 16.0. The third-order valence-corrected chi connectivity index (χ3v) is 5.91. The Morgan fingerprint density at radius 1 is 0.939 bits per heavy atom. The van der Waals surface area contributed by atoms with Crippen molar-refractivity contribution in [3.8, 4) is 16.9 Å². The predicted octanol–water partition coefficient (Wildman–Crippen LogP) is 4.64. The molecular formula is C25H24ClN3O4. The minimum absolute atomic E-state index is 0.0920. The summed E-state index contributed by atoms with van der Waals surface area (Å²) in [7, 11) is 0. The van der Waals surface area contributed by atoms with Crippen LogP contribution in [0.4, 0.5) is 5.69 Å². The summed E-state index contributed by atoms with van der Waals surface area (Å²) in [4.78, 5) is 27.7. The van der Waals surface area contributed by atoms with Crippen molar-refractivity contribution < 1.29 is 14.5 Å². The predicted molar refractivity (Wildman–Crippen MR) is 127 cm³/mol. The van der Waals surface area contributed by atoms with Crippen molar-refractivity contribution in [2.24, 2.45) is 0 Å². The zero-order chi connectivity index (χ0) is 23.2. The molecule has 0 unspecified atom stereocenters. The number of ether oxygens (including phenoxy) is 1. The maximum atomic E-state index is 12.6. The molecule has 0 bridgehead atoms. The third-order valence-electron chi connectivity index (χ3n) is 5.66. The Morgan fingerprint density at radius 2 is 1.64 bits per heavy atom. The number of halogens is 1. The fraction of sp³-hybridized carbons (Fsp3) is 0.240. The average Bonchev–Trinajstić information content (AvgIpc) is 2.85. The number of rotatable bonds is 7. The molecule has 4 rings (SSSR count). The van der Waals surface area contributed by atoms with Gasteiger partial charge in [-0.2, -0.15) is 0 Å².